The summed E-state index contributed by atoms with van der Waals surface area (Å²) < 4.78 is 28.2. The van der Waals surface area contributed by atoms with Crippen LogP contribution in [0, 0.1) is 12.8 Å². The van der Waals surface area contributed by atoms with Crippen molar-refractivity contribution in [3.05, 3.63) is 24.0 Å². The van der Waals surface area contributed by atoms with Gasteiger partial charge in [0, 0.05) is 19.3 Å². The summed E-state index contributed by atoms with van der Waals surface area (Å²) in [6.45, 7) is 2.14. The maximum Gasteiger partial charge on any atom is 0.306 e. The van der Waals surface area contributed by atoms with Crippen molar-refractivity contribution in [1.29, 1.82) is 0 Å². The number of nitrogens with zero attached hydrogens (tertiary/aromatic N) is 2. The van der Waals surface area contributed by atoms with Crippen molar-refractivity contribution in [2.24, 2.45) is 5.92 Å². The molecule has 0 aliphatic carbocycles. The molecular formula is C12H17N3O4S. The number of rotatable bonds is 4. The maximum absolute atomic E-state index is 12.2. The molecule has 2 rings (SSSR count). The first-order chi connectivity index (χ1) is 9.40. The second-order valence-corrected chi connectivity index (χ2v) is 6.43. The number of aromatic nitrogens is 1. The van der Waals surface area contributed by atoms with Gasteiger partial charge in [0.1, 0.15) is 0 Å². The van der Waals surface area contributed by atoms with Crippen molar-refractivity contribution in [3.8, 4) is 0 Å². The van der Waals surface area contributed by atoms with Crippen LogP contribution in [0.3, 0.4) is 0 Å². The van der Waals surface area contributed by atoms with E-state index >= 15 is 0 Å². The van der Waals surface area contributed by atoms with E-state index in [2.05, 4.69) is 9.71 Å². The van der Waals surface area contributed by atoms with Crippen molar-refractivity contribution in [3.63, 3.8) is 0 Å². The first-order valence-corrected chi connectivity index (χ1v) is 7.76. The molecule has 7 nitrogen and oxygen atoms in total. The van der Waals surface area contributed by atoms with E-state index in [1.807, 2.05) is 0 Å². The third-order valence-corrected chi connectivity index (χ3v) is 4.91. The number of aryl methyl sites for hydroxylation is 1. The number of carbonyl (C=O) groups is 1. The van der Waals surface area contributed by atoms with Gasteiger partial charge in [0.25, 0.3) is 0 Å². The van der Waals surface area contributed by atoms with Crippen molar-refractivity contribution >= 4 is 21.9 Å². The summed E-state index contributed by atoms with van der Waals surface area (Å²) in [5, 5.41) is 8.91. The number of hydrogen-bond acceptors (Lipinski definition) is 4. The SMILES string of the molecule is Cc1ncccc1NS(=O)(=O)N1CCC(C(=O)O)CC1. The van der Waals surface area contributed by atoms with E-state index in [4.69, 9.17) is 5.11 Å². The lowest BCUT2D eigenvalue weighted by atomic mass is 9.99. The Morgan fingerprint density at radius 2 is 2.10 bits per heavy atom. The van der Waals surface area contributed by atoms with E-state index in [0.717, 1.165) is 0 Å². The highest BCUT2D eigenvalue weighted by molar-refractivity contribution is 7.90. The Balaban J connectivity index is 2.05. The number of hydrogen-bond donors (Lipinski definition) is 2. The molecule has 20 heavy (non-hydrogen) atoms. The van der Waals surface area contributed by atoms with Gasteiger partial charge in [0.2, 0.25) is 0 Å². The molecule has 2 N–H and O–H groups in total. The highest BCUT2D eigenvalue weighted by atomic mass is 32.2. The van der Waals surface area contributed by atoms with Crippen LogP contribution in [-0.4, -0.2) is 41.9 Å². The molecule has 8 heteroatoms. The van der Waals surface area contributed by atoms with Gasteiger partial charge >= 0.3 is 16.2 Å². The number of pyridine rings is 1. The molecule has 0 saturated carbocycles. The molecule has 0 unspecified atom stereocenters. The van der Waals surface area contributed by atoms with Crippen LogP contribution in [0.2, 0.25) is 0 Å². The highest BCUT2D eigenvalue weighted by Crippen LogP contribution is 2.21. The highest BCUT2D eigenvalue weighted by Gasteiger charge is 2.31. The molecule has 110 valence electrons. The average molecular weight is 299 g/mol. The molecule has 2 heterocycles. The summed E-state index contributed by atoms with van der Waals surface area (Å²) in [7, 11) is -3.66. The molecule has 1 aliphatic heterocycles. The minimum atomic E-state index is -3.66. The van der Waals surface area contributed by atoms with Gasteiger partial charge in [-0.3, -0.25) is 14.5 Å². The standard InChI is InChI=1S/C12H17N3O4S/c1-9-11(3-2-6-13-9)14-20(18,19)15-7-4-10(5-8-15)12(16)17/h2-3,6,10,14H,4-5,7-8H2,1H3,(H,16,17). The molecule has 0 radical (unpaired) electrons. The van der Waals surface area contributed by atoms with Gasteiger partial charge in [-0.2, -0.15) is 12.7 Å². The fourth-order valence-corrected chi connectivity index (χ4v) is 3.45. The Morgan fingerprint density at radius 3 is 2.65 bits per heavy atom. The van der Waals surface area contributed by atoms with Gasteiger partial charge in [-0.25, -0.2) is 0 Å². The molecule has 1 aromatic rings. The molecule has 1 fully saturated rings. The lowest BCUT2D eigenvalue weighted by Gasteiger charge is -2.29. The van der Waals surface area contributed by atoms with Crippen molar-refractivity contribution in [2.75, 3.05) is 17.8 Å². The normalized spacial score (nSPS) is 17.9. The maximum atomic E-state index is 12.2. The fraction of sp³-hybridized carbons (Fsp3) is 0.500. The van der Waals surface area contributed by atoms with Crippen LogP contribution in [0.1, 0.15) is 18.5 Å². The predicted molar refractivity (Wildman–Crippen MR) is 73.4 cm³/mol. The zero-order chi connectivity index (χ0) is 14.8. The third kappa shape index (κ3) is 3.26. The number of aliphatic carboxylic acids is 1. The average Bonchev–Trinajstić information content (AvgIpc) is 2.41. The van der Waals surface area contributed by atoms with E-state index < -0.39 is 22.1 Å². The van der Waals surface area contributed by atoms with E-state index in [-0.39, 0.29) is 13.1 Å². The second-order valence-electron chi connectivity index (χ2n) is 4.76. The van der Waals surface area contributed by atoms with Gasteiger partial charge in [-0.05, 0) is 31.9 Å². The monoisotopic (exact) mass is 299 g/mol. The lowest BCUT2D eigenvalue weighted by molar-refractivity contribution is -0.142. The third-order valence-electron chi connectivity index (χ3n) is 3.39. The Hall–Kier alpha value is -1.67. The van der Waals surface area contributed by atoms with Crippen LogP contribution in [0.15, 0.2) is 18.3 Å². The van der Waals surface area contributed by atoms with Gasteiger partial charge in [-0.1, -0.05) is 0 Å². The molecule has 1 saturated heterocycles. The molecule has 0 bridgehead atoms. The number of carboxylic acids is 1. The Morgan fingerprint density at radius 1 is 1.45 bits per heavy atom. The van der Waals surface area contributed by atoms with Gasteiger partial charge in [0.05, 0.1) is 17.3 Å². The largest absolute Gasteiger partial charge is 0.481 e. The topological polar surface area (TPSA) is 99.6 Å². The summed E-state index contributed by atoms with van der Waals surface area (Å²) in [5.74, 6) is -1.32. The molecule has 0 amide bonds. The van der Waals surface area contributed by atoms with Crippen LogP contribution in [0.4, 0.5) is 5.69 Å². The van der Waals surface area contributed by atoms with Crippen LogP contribution in [-0.2, 0) is 15.0 Å². The summed E-state index contributed by atoms with van der Waals surface area (Å²) in [4.78, 5) is 14.9. The number of piperidine rings is 1. The van der Waals surface area contributed by atoms with Crippen molar-refractivity contribution < 1.29 is 18.3 Å². The number of carboxylic acid groups (broad SMARTS) is 1. The van der Waals surface area contributed by atoms with Crippen LogP contribution >= 0.6 is 0 Å². The number of anilines is 1. The predicted octanol–water partition coefficient (Wildman–Crippen LogP) is 0.843. The van der Waals surface area contributed by atoms with Crippen molar-refractivity contribution in [1.82, 2.24) is 9.29 Å². The molecule has 0 aromatic carbocycles. The van der Waals surface area contributed by atoms with E-state index in [9.17, 15) is 13.2 Å². The minimum absolute atomic E-state index is 0.214. The first-order valence-electron chi connectivity index (χ1n) is 6.32. The summed E-state index contributed by atoms with van der Waals surface area (Å²) in [6.07, 6.45) is 2.26. The van der Waals surface area contributed by atoms with Gasteiger partial charge in [-0.15, -0.1) is 0 Å². The summed E-state index contributed by atoms with van der Waals surface area (Å²) >= 11 is 0. The smallest absolute Gasteiger partial charge is 0.306 e. The van der Waals surface area contributed by atoms with Crippen LogP contribution < -0.4 is 4.72 Å². The number of nitrogens with one attached hydrogen (secondary N) is 1. The van der Waals surface area contributed by atoms with Gasteiger partial charge in [0.15, 0.2) is 0 Å². The lowest BCUT2D eigenvalue weighted by Crippen LogP contribution is -2.43. The molecule has 1 aromatic heterocycles. The van der Waals surface area contributed by atoms with E-state index in [1.165, 1.54) is 4.31 Å². The zero-order valence-corrected chi connectivity index (χ0v) is 11.9. The summed E-state index contributed by atoms with van der Waals surface area (Å²) in [6, 6.07) is 3.30. The zero-order valence-electron chi connectivity index (χ0n) is 11.1. The molecule has 1 aliphatic rings. The second kappa shape index (κ2) is 5.76. The summed E-state index contributed by atoms with van der Waals surface area (Å²) in [5.41, 5.74) is 1.03. The van der Waals surface area contributed by atoms with Gasteiger partial charge < -0.3 is 5.11 Å². The fourth-order valence-electron chi connectivity index (χ4n) is 2.14. The Labute approximate surface area is 117 Å². The quantitative estimate of drug-likeness (QED) is 0.858. The van der Waals surface area contributed by atoms with E-state index in [0.29, 0.717) is 24.2 Å². The molecule has 0 atom stereocenters. The van der Waals surface area contributed by atoms with Crippen LogP contribution in [0.5, 0.6) is 0 Å². The first kappa shape index (κ1) is 14.7. The Bertz CT molecular complexity index is 594. The molecular weight excluding hydrogens is 282 g/mol. The Kier molecular flexibility index (Phi) is 4.24. The minimum Gasteiger partial charge on any atom is -0.481 e. The molecule has 0 spiro atoms. The van der Waals surface area contributed by atoms with E-state index in [1.54, 1.807) is 25.3 Å². The van der Waals surface area contributed by atoms with Crippen LogP contribution in [0.25, 0.3) is 0 Å². The van der Waals surface area contributed by atoms with Crippen molar-refractivity contribution in [2.45, 2.75) is 19.8 Å².